The second kappa shape index (κ2) is 4.88. The van der Waals surface area contributed by atoms with E-state index in [0.29, 0.717) is 13.2 Å². The first kappa shape index (κ1) is 11.4. The number of benzene rings is 2. The quantitative estimate of drug-likeness (QED) is 0.804. The Bertz CT molecular complexity index is 548. The Labute approximate surface area is 105 Å². The molecule has 0 amide bonds. The fraction of sp³-hybridized carbons (Fsp3) is 0.200. The van der Waals surface area contributed by atoms with Crippen LogP contribution in [0.2, 0.25) is 0 Å². The molecule has 2 aromatic rings. The number of ether oxygens (including phenoxy) is 2. The molecule has 1 aliphatic rings. The molecule has 3 rings (SSSR count). The number of hydrogen-bond donors (Lipinski definition) is 0. The van der Waals surface area contributed by atoms with Crippen LogP contribution in [-0.2, 0) is 9.47 Å². The van der Waals surface area contributed by atoms with E-state index in [9.17, 15) is 4.39 Å². The van der Waals surface area contributed by atoms with Gasteiger partial charge < -0.3 is 9.47 Å². The largest absolute Gasteiger partial charge is 0.346 e. The van der Waals surface area contributed by atoms with Gasteiger partial charge in [-0.15, -0.1) is 0 Å². The molecule has 1 aliphatic heterocycles. The van der Waals surface area contributed by atoms with Crippen molar-refractivity contribution in [3.63, 3.8) is 0 Å². The van der Waals surface area contributed by atoms with Gasteiger partial charge in [-0.1, -0.05) is 30.3 Å². The molecule has 0 atom stereocenters. The molecule has 1 fully saturated rings. The molecule has 92 valence electrons. The number of rotatable bonds is 2. The van der Waals surface area contributed by atoms with E-state index in [1.807, 2.05) is 30.3 Å². The van der Waals surface area contributed by atoms with Crippen LogP contribution in [0.25, 0.3) is 11.1 Å². The van der Waals surface area contributed by atoms with Crippen LogP contribution in [0.1, 0.15) is 11.9 Å². The zero-order chi connectivity index (χ0) is 12.4. The van der Waals surface area contributed by atoms with Gasteiger partial charge in [-0.3, -0.25) is 0 Å². The van der Waals surface area contributed by atoms with Crippen LogP contribution >= 0.6 is 0 Å². The highest BCUT2D eigenvalue weighted by Crippen LogP contribution is 2.28. The molecule has 3 heteroatoms. The van der Waals surface area contributed by atoms with E-state index in [-0.39, 0.29) is 12.1 Å². The standard InChI is InChI=1S/C15H13FO2/c16-14-6-2-4-12(10-14)11-3-1-5-13(9-11)15-17-7-8-18-15/h1-6,9-10,15H,7-8H2. The molecule has 2 aromatic carbocycles. The summed E-state index contributed by atoms with van der Waals surface area (Å²) in [5.74, 6) is -0.230. The first-order chi connectivity index (χ1) is 8.83. The van der Waals surface area contributed by atoms with Crippen LogP contribution in [0, 0.1) is 5.82 Å². The average Bonchev–Trinajstić information content (AvgIpc) is 2.93. The van der Waals surface area contributed by atoms with E-state index in [1.165, 1.54) is 12.1 Å². The van der Waals surface area contributed by atoms with Gasteiger partial charge in [0, 0.05) is 5.56 Å². The lowest BCUT2D eigenvalue weighted by Gasteiger charge is -2.11. The molecule has 1 heterocycles. The van der Waals surface area contributed by atoms with Crippen molar-refractivity contribution < 1.29 is 13.9 Å². The maximum atomic E-state index is 13.2. The first-order valence-corrected chi connectivity index (χ1v) is 5.92. The number of halogens is 1. The summed E-state index contributed by atoms with van der Waals surface area (Å²) in [6, 6.07) is 14.4. The summed E-state index contributed by atoms with van der Waals surface area (Å²) in [5, 5.41) is 0. The highest BCUT2D eigenvalue weighted by molar-refractivity contribution is 5.64. The first-order valence-electron chi connectivity index (χ1n) is 5.92. The highest BCUT2D eigenvalue weighted by Gasteiger charge is 2.18. The fourth-order valence-electron chi connectivity index (χ4n) is 2.08. The van der Waals surface area contributed by atoms with E-state index in [1.54, 1.807) is 6.07 Å². The van der Waals surface area contributed by atoms with Gasteiger partial charge in [-0.05, 0) is 29.3 Å². The summed E-state index contributed by atoms with van der Waals surface area (Å²) < 4.78 is 24.1. The van der Waals surface area contributed by atoms with Gasteiger partial charge in [0.05, 0.1) is 13.2 Å². The summed E-state index contributed by atoms with van der Waals surface area (Å²) in [5.41, 5.74) is 2.79. The predicted octanol–water partition coefficient (Wildman–Crippen LogP) is 3.54. The lowest BCUT2D eigenvalue weighted by Crippen LogP contribution is -1.97. The molecule has 2 nitrogen and oxygen atoms in total. The molecular weight excluding hydrogens is 231 g/mol. The van der Waals surface area contributed by atoms with Gasteiger partial charge in [0.2, 0.25) is 0 Å². The summed E-state index contributed by atoms with van der Waals surface area (Å²) in [6.07, 6.45) is -0.293. The van der Waals surface area contributed by atoms with Crippen LogP contribution in [-0.4, -0.2) is 13.2 Å². The van der Waals surface area contributed by atoms with Gasteiger partial charge in [0.15, 0.2) is 6.29 Å². The second-order valence-electron chi connectivity index (χ2n) is 4.21. The van der Waals surface area contributed by atoms with Crippen LogP contribution in [0.15, 0.2) is 48.5 Å². The SMILES string of the molecule is Fc1cccc(-c2cccc(C3OCCO3)c2)c1. The molecule has 0 aromatic heterocycles. The average molecular weight is 244 g/mol. The van der Waals surface area contributed by atoms with Crippen molar-refractivity contribution in [2.45, 2.75) is 6.29 Å². The smallest absolute Gasteiger partial charge is 0.184 e. The van der Waals surface area contributed by atoms with Crippen molar-refractivity contribution >= 4 is 0 Å². The van der Waals surface area contributed by atoms with Crippen LogP contribution in [0.3, 0.4) is 0 Å². The van der Waals surface area contributed by atoms with Crippen molar-refractivity contribution in [1.29, 1.82) is 0 Å². The zero-order valence-corrected chi connectivity index (χ0v) is 9.80. The molecule has 0 spiro atoms. The maximum absolute atomic E-state index is 13.2. The maximum Gasteiger partial charge on any atom is 0.184 e. The minimum Gasteiger partial charge on any atom is -0.346 e. The molecule has 0 unspecified atom stereocenters. The lowest BCUT2D eigenvalue weighted by atomic mass is 10.0. The Kier molecular flexibility index (Phi) is 3.09. The molecular formula is C15H13FO2. The van der Waals surface area contributed by atoms with Crippen molar-refractivity contribution in [2.24, 2.45) is 0 Å². The zero-order valence-electron chi connectivity index (χ0n) is 9.80. The Balaban J connectivity index is 1.95. The van der Waals surface area contributed by atoms with Crippen LogP contribution < -0.4 is 0 Å². The van der Waals surface area contributed by atoms with Gasteiger partial charge >= 0.3 is 0 Å². The van der Waals surface area contributed by atoms with Crippen molar-refractivity contribution in [3.05, 3.63) is 59.9 Å². The Morgan fingerprint density at radius 1 is 0.889 bits per heavy atom. The molecule has 0 saturated carbocycles. The third-order valence-corrected chi connectivity index (χ3v) is 2.94. The van der Waals surface area contributed by atoms with Crippen molar-refractivity contribution in [3.8, 4) is 11.1 Å². The van der Waals surface area contributed by atoms with Crippen molar-refractivity contribution in [2.75, 3.05) is 13.2 Å². The van der Waals surface area contributed by atoms with Gasteiger partial charge in [0.25, 0.3) is 0 Å². The fourth-order valence-corrected chi connectivity index (χ4v) is 2.08. The Morgan fingerprint density at radius 3 is 2.28 bits per heavy atom. The molecule has 18 heavy (non-hydrogen) atoms. The van der Waals surface area contributed by atoms with Crippen LogP contribution in [0.5, 0.6) is 0 Å². The molecule has 1 saturated heterocycles. The topological polar surface area (TPSA) is 18.5 Å². The summed E-state index contributed by atoms with van der Waals surface area (Å²) >= 11 is 0. The molecule has 0 N–H and O–H groups in total. The van der Waals surface area contributed by atoms with E-state index in [2.05, 4.69) is 0 Å². The summed E-state index contributed by atoms with van der Waals surface area (Å²) in [7, 11) is 0. The third kappa shape index (κ3) is 2.28. The summed E-state index contributed by atoms with van der Waals surface area (Å²) in [6.45, 7) is 1.24. The Hall–Kier alpha value is -1.71. The van der Waals surface area contributed by atoms with Crippen molar-refractivity contribution in [1.82, 2.24) is 0 Å². The van der Waals surface area contributed by atoms with E-state index in [0.717, 1.165) is 16.7 Å². The third-order valence-electron chi connectivity index (χ3n) is 2.94. The number of hydrogen-bond acceptors (Lipinski definition) is 2. The normalized spacial score (nSPS) is 16.1. The van der Waals surface area contributed by atoms with Gasteiger partial charge in [-0.25, -0.2) is 4.39 Å². The molecule has 0 aliphatic carbocycles. The van der Waals surface area contributed by atoms with E-state index in [4.69, 9.17) is 9.47 Å². The van der Waals surface area contributed by atoms with E-state index >= 15 is 0 Å². The minimum atomic E-state index is -0.293. The highest BCUT2D eigenvalue weighted by atomic mass is 19.1. The second-order valence-corrected chi connectivity index (χ2v) is 4.21. The Morgan fingerprint density at radius 2 is 1.56 bits per heavy atom. The molecule has 0 radical (unpaired) electrons. The summed E-state index contributed by atoms with van der Waals surface area (Å²) in [4.78, 5) is 0. The van der Waals surface area contributed by atoms with Gasteiger partial charge in [0.1, 0.15) is 5.82 Å². The minimum absolute atomic E-state index is 0.230. The molecule has 0 bridgehead atoms. The van der Waals surface area contributed by atoms with Gasteiger partial charge in [-0.2, -0.15) is 0 Å². The predicted molar refractivity (Wildman–Crippen MR) is 66.5 cm³/mol. The monoisotopic (exact) mass is 244 g/mol. The van der Waals surface area contributed by atoms with E-state index < -0.39 is 0 Å². The van der Waals surface area contributed by atoms with Crippen LogP contribution in [0.4, 0.5) is 4.39 Å². The lowest BCUT2D eigenvalue weighted by molar-refractivity contribution is -0.0440.